The van der Waals surface area contributed by atoms with Gasteiger partial charge in [0, 0.05) is 12.7 Å². The van der Waals surface area contributed by atoms with Gasteiger partial charge >= 0.3 is 11.9 Å². The van der Waals surface area contributed by atoms with Gasteiger partial charge in [0.25, 0.3) is 10.0 Å². The molecule has 138 valence electrons. The number of aromatic carboxylic acids is 1. The molecule has 1 N–H and O–H groups in total. The Morgan fingerprint density at radius 3 is 2.46 bits per heavy atom. The highest BCUT2D eigenvalue weighted by molar-refractivity contribution is 7.92. The van der Waals surface area contributed by atoms with Crippen molar-refractivity contribution in [2.75, 3.05) is 18.0 Å². The van der Waals surface area contributed by atoms with Crippen LogP contribution in [-0.4, -0.2) is 44.1 Å². The Morgan fingerprint density at radius 1 is 1.19 bits per heavy atom. The van der Waals surface area contributed by atoms with Crippen LogP contribution in [0.1, 0.15) is 34.1 Å². The summed E-state index contributed by atoms with van der Waals surface area (Å²) in [5.74, 6) is -1.67. The van der Waals surface area contributed by atoms with E-state index >= 15 is 0 Å². The van der Waals surface area contributed by atoms with Gasteiger partial charge in [0.1, 0.15) is 5.82 Å². The predicted octanol–water partition coefficient (Wildman–Crippen LogP) is 2.17. The standard InChI is InChI=1S/C17H18N2O6S/c1-3-9-19(15-8-7-13(11-18-15)17(22)25-2)26(23,24)14-6-4-5-12(10-14)16(20)21/h4-8,10-11H,3,9H2,1-2H3,(H,20,21). The molecule has 0 saturated carbocycles. The second-order valence-corrected chi connectivity index (χ2v) is 7.17. The molecular weight excluding hydrogens is 360 g/mol. The van der Waals surface area contributed by atoms with Gasteiger partial charge < -0.3 is 9.84 Å². The van der Waals surface area contributed by atoms with Gasteiger partial charge in [0.05, 0.1) is 23.1 Å². The van der Waals surface area contributed by atoms with Crippen LogP contribution in [-0.2, 0) is 14.8 Å². The Hall–Kier alpha value is -2.94. The summed E-state index contributed by atoms with van der Waals surface area (Å²) in [7, 11) is -2.78. The van der Waals surface area contributed by atoms with Crippen molar-refractivity contribution in [3.05, 3.63) is 53.7 Å². The fraction of sp³-hybridized carbons (Fsp3) is 0.235. The summed E-state index contributed by atoms with van der Waals surface area (Å²) in [5, 5.41) is 9.08. The summed E-state index contributed by atoms with van der Waals surface area (Å²) in [6.45, 7) is 1.95. The number of anilines is 1. The van der Waals surface area contributed by atoms with Crippen LogP contribution in [0, 0.1) is 0 Å². The fourth-order valence-corrected chi connectivity index (χ4v) is 3.81. The summed E-state index contributed by atoms with van der Waals surface area (Å²) in [6.07, 6.45) is 1.74. The molecule has 8 nitrogen and oxygen atoms in total. The van der Waals surface area contributed by atoms with Crippen molar-refractivity contribution in [3.8, 4) is 0 Å². The van der Waals surface area contributed by atoms with E-state index < -0.39 is 22.0 Å². The maximum Gasteiger partial charge on any atom is 0.339 e. The van der Waals surface area contributed by atoms with E-state index in [1.54, 1.807) is 6.92 Å². The lowest BCUT2D eigenvalue weighted by molar-refractivity contribution is 0.0599. The first-order chi connectivity index (χ1) is 12.3. The number of carbonyl (C=O) groups is 2. The summed E-state index contributed by atoms with van der Waals surface area (Å²) in [5.41, 5.74) is 0.0643. The Kier molecular flexibility index (Phi) is 5.93. The van der Waals surface area contributed by atoms with E-state index in [2.05, 4.69) is 9.72 Å². The molecule has 2 aromatic rings. The molecule has 0 bridgehead atoms. The van der Waals surface area contributed by atoms with Gasteiger partial charge in [-0.1, -0.05) is 13.0 Å². The summed E-state index contributed by atoms with van der Waals surface area (Å²) in [4.78, 5) is 26.5. The van der Waals surface area contributed by atoms with Gasteiger partial charge in [0.15, 0.2) is 0 Å². The van der Waals surface area contributed by atoms with Crippen LogP contribution in [0.3, 0.4) is 0 Å². The zero-order valence-electron chi connectivity index (χ0n) is 14.2. The molecule has 2 rings (SSSR count). The van der Waals surface area contributed by atoms with E-state index in [1.807, 2.05) is 0 Å². The lowest BCUT2D eigenvalue weighted by atomic mass is 10.2. The Labute approximate surface area is 151 Å². The maximum atomic E-state index is 13.0. The third-order valence-electron chi connectivity index (χ3n) is 3.52. The largest absolute Gasteiger partial charge is 0.478 e. The first kappa shape index (κ1) is 19.4. The van der Waals surface area contributed by atoms with Crippen molar-refractivity contribution in [2.45, 2.75) is 18.2 Å². The highest BCUT2D eigenvalue weighted by atomic mass is 32.2. The third kappa shape index (κ3) is 3.99. The van der Waals surface area contributed by atoms with Crippen molar-refractivity contribution < 1.29 is 27.9 Å². The first-order valence-electron chi connectivity index (χ1n) is 7.71. The number of hydrogen-bond acceptors (Lipinski definition) is 6. The number of hydrogen-bond donors (Lipinski definition) is 1. The topological polar surface area (TPSA) is 114 Å². The van der Waals surface area contributed by atoms with E-state index in [-0.39, 0.29) is 28.4 Å². The second kappa shape index (κ2) is 7.96. The van der Waals surface area contributed by atoms with Crippen LogP contribution in [0.2, 0.25) is 0 Å². The summed E-state index contributed by atoms with van der Waals surface area (Å²) < 4.78 is 31.6. The van der Waals surface area contributed by atoms with Gasteiger partial charge in [-0.3, -0.25) is 0 Å². The lowest BCUT2D eigenvalue weighted by Gasteiger charge is -2.23. The molecule has 0 aliphatic rings. The molecule has 0 saturated heterocycles. The van der Waals surface area contributed by atoms with E-state index in [1.165, 1.54) is 43.6 Å². The smallest absolute Gasteiger partial charge is 0.339 e. The number of nitrogens with zero attached hydrogens (tertiary/aromatic N) is 2. The van der Waals surface area contributed by atoms with Gasteiger partial charge in [-0.2, -0.15) is 0 Å². The van der Waals surface area contributed by atoms with E-state index in [4.69, 9.17) is 5.11 Å². The van der Waals surface area contributed by atoms with E-state index in [0.717, 1.165) is 10.4 Å². The first-order valence-corrected chi connectivity index (χ1v) is 9.15. The van der Waals surface area contributed by atoms with Gasteiger partial charge in [0.2, 0.25) is 0 Å². The molecule has 1 aromatic carbocycles. The number of sulfonamides is 1. The molecule has 1 heterocycles. The van der Waals surface area contributed by atoms with E-state index in [9.17, 15) is 18.0 Å². The molecule has 1 aromatic heterocycles. The Balaban J connectivity index is 2.46. The lowest BCUT2D eigenvalue weighted by Crippen LogP contribution is -2.32. The van der Waals surface area contributed by atoms with Crippen LogP contribution in [0.5, 0.6) is 0 Å². The highest BCUT2D eigenvalue weighted by Gasteiger charge is 2.26. The zero-order valence-corrected chi connectivity index (χ0v) is 15.1. The van der Waals surface area contributed by atoms with Crippen LogP contribution >= 0.6 is 0 Å². The van der Waals surface area contributed by atoms with Crippen molar-refractivity contribution in [1.29, 1.82) is 0 Å². The van der Waals surface area contributed by atoms with Gasteiger partial charge in [-0.25, -0.2) is 27.3 Å². The minimum Gasteiger partial charge on any atom is -0.478 e. The second-order valence-electron chi connectivity index (χ2n) is 5.31. The molecule has 0 unspecified atom stereocenters. The molecule has 9 heteroatoms. The molecule has 0 spiro atoms. The molecular formula is C17H18N2O6S. The number of ether oxygens (including phenoxy) is 1. The van der Waals surface area contributed by atoms with Crippen molar-refractivity contribution in [2.24, 2.45) is 0 Å². The molecule has 0 amide bonds. The molecule has 0 fully saturated rings. The monoisotopic (exact) mass is 378 g/mol. The zero-order chi connectivity index (χ0) is 19.3. The van der Waals surface area contributed by atoms with Gasteiger partial charge in [-0.15, -0.1) is 0 Å². The molecule has 0 aliphatic heterocycles. The average molecular weight is 378 g/mol. The number of rotatable bonds is 7. The number of aromatic nitrogens is 1. The van der Waals surface area contributed by atoms with E-state index in [0.29, 0.717) is 6.42 Å². The maximum absolute atomic E-state index is 13.0. The van der Waals surface area contributed by atoms with Crippen molar-refractivity contribution in [3.63, 3.8) is 0 Å². The highest BCUT2D eigenvalue weighted by Crippen LogP contribution is 2.23. The SMILES string of the molecule is CCCN(c1ccc(C(=O)OC)cn1)S(=O)(=O)c1cccc(C(=O)O)c1. The minimum absolute atomic E-state index is 0.125. The molecule has 26 heavy (non-hydrogen) atoms. The van der Waals surface area contributed by atoms with Crippen LogP contribution in [0.4, 0.5) is 5.82 Å². The quantitative estimate of drug-likeness (QED) is 0.734. The van der Waals surface area contributed by atoms with Gasteiger partial charge in [-0.05, 0) is 36.8 Å². The third-order valence-corrected chi connectivity index (χ3v) is 5.32. The minimum atomic E-state index is -4.02. The summed E-state index contributed by atoms with van der Waals surface area (Å²) >= 11 is 0. The average Bonchev–Trinajstić information content (AvgIpc) is 2.65. The van der Waals surface area contributed by atoms with Crippen molar-refractivity contribution >= 4 is 27.8 Å². The van der Waals surface area contributed by atoms with Crippen LogP contribution in [0.15, 0.2) is 47.5 Å². The van der Waals surface area contributed by atoms with Crippen molar-refractivity contribution in [1.82, 2.24) is 4.98 Å². The molecule has 0 aliphatic carbocycles. The number of esters is 1. The van der Waals surface area contributed by atoms with Crippen LogP contribution in [0.25, 0.3) is 0 Å². The summed E-state index contributed by atoms with van der Waals surface area (Å²) in [6, 6.07) is 7.93. The number of benzene rings is 1. The predicted molar refractivity (Wildman–Crippen MR) is 93.8 cm³/mol. The molecule has 0 radical (unpaired) electrons. The number of methoxy groups -OCH3 is 1. The Morgan fingerprint density at radius 2 is 1.92 bits per heavy atom. The fourth-order valence-electron chi connectivity index (χ4n) is 2.25. The van der Waals surface area contributed by atoms with Crippen LogP contribution < -0.4 is 4.31 Å². The number of carboxylic acid groups (broad SMARTS) is 1. The number of pyridine rings is 1. The Bertz CT molecular complexity index is 909. The number of carbonyl (C=O) groups excluding carboxylic acids is 1. The normalized spacial score (nSPS) is 11.0. The molecule has 0 atom stereocenters. The number of carboxylic acids is 1.